The van der Waals surface area contributed by atoms with Gasteiger partial charge in [-0.15, -0.1) is 0 Å². The third-order valence-electron chi connectivity index (χ3n) is 2.39. The van der Waals surface area contributed by atoms with Crippen molar-refractivity contribution in [3.8, 4) is 0 Å². The number of hydrogen-bond donors (Lipinski definition) is 1. The van der Waals surface area contributed by atoms with Crippen molar-refractivity contribution >= 4 is 28.3 Å². The van der Waals surface area contributed by atoms with Crippen LogP contribution in [0.25, 0.3) is 11.2 Å². The number of hydrogen-bond acceptors (Lipinski definition) is 5. The molecule has 0 bridgehead atoms. The summed E-state index contributed by atoms with van der Waals surface area (Å²) in [5.74, 6) is 0.823. The minimum atomic E-state index is 0.669. The van der Waals surface area contributed by atoms with E-state index >= 15 is 0 Å². The molecule has 0 radical (unpaired) electrons. The Morgan fingerprint density at radius 1 is 1.12 bits per heavy atom. The van der Waals surface area contributed by atoms with Crippen LogP contribution in [-0.2, 0) is 6.54 Å². The van der Waals surface area contributed by atoms with Gasteiger partial charge in [0, 0.05) is 18.9 Å². The molecule has 3 aromatic rings. The smallest absolute Gasteiger partial charge is 0.180 e. The molecule has 0 aliphatic carbocycles. The summed E-state index contributed by atoms with van der Waals surface area (Å²) in [5.41, 5.74) is 2.74. The van der Waals surface area contributed by atoms with Crippen LogP contribution in [0.1, 0.15) is 5.56 Å². The molecule has 3 rings (SSSR count). The summed E-state index contributed by atoms with van der Waals surface area (Å²) in [6.07, 6.45) is 3.32. The van der Waals surface area contributed by atoms with Gasteiger partial charge in [-0.2, -0.15) is 11.3 Å². The first kappa shape index (κ1) is 10.2. The Morgan fingerprint density at radius 3 is 2.94 bits per heavy atom. The Balaban J connectivity index is 1.81. The Bertz CT molecular complexity index is 621. The summed E-state index contributed by atoms with van der Waals surface area (Å²) in [6.45, 7) is 0.780. The van der Waals surface area contributed by atoms with Gasteiger partial charge >= 0.3 is 0 Å². The van der Waals surface area contributed by atoms with Crippen molar-refractivity contribution in [3.05, 3.63) is 46.9 Å². The minimum absolute atomic E-state index is 0.669. The number of thiophene rings is 1. The Morgan fingerprint density at radius 2 is 2.06 bits per heavy atom. The summed E-state index contributed by atoms with van der Waals surface area (Å²) in [5, 5.41) is 7.45. The predicted octanol–water partition coefficient (Wildman–Crippen LogP) is 2.70. The molecule has 0 aliphatic rings. The second-order valence-electron chi connectivity index (χ2n) is 3.58. The molecule has 0 spiro atoms. The average molecular weight is 242 g/mol. The Hall–Kier alpha value is -2.01. The average Bonchev–Trinajstić information content (AvgIpc) is 2.89. The zero-order valence-electron chi connectivity index (χ0n) is 9.00. The molecule has 0 aliphatic heterocycles. The molecule has 0 atom stereocenters. The normalized spacial score (nSPS) is 10.6. The van der Waals surface area contributed by atoms with Crippen molar-refractivity contribution in [2.45, 2.75) is 6.54 Å². The monoisotopic (exact) mass is 242 g/mol. The molecule has 0 unspecified atom stereocenters. The maximum absolute atomic E-state index is 4.39. The zero-order chi connectivity index (χ0) is 11.5. The number of nitrogens with one attached hydrogen (secondary N) is 1. The van der Waals surface area contributed by atoms with Crippen molar-refractivity contribution < 1.29 is 0 Å². The van der Waals surface area contributed by atoms with Crippen LogP contribution in [0.5, 0.6) is 0 Å². The Kier molecular flexibility index (Phi) is 2.67. The highest BCUT2D eigenvalue weighted by atomic mass is 32.1. The van der Waals surface area contributed by atoms with E-state index in [-0.39, 0.29) is 0 Å². The van der Waals surface area contributed by atoms with Crippen molar-refractivity contribution in [3.63, 3.8) is 0 Å². The van der Waals surface area contributed by atoms with Crippen molar-refractivity contribution in [2.24, 2.45) is 0 Å². The number of fused-ring (bicyclic) bond motifs is 1. The summed E-state index contributed by atoms with van der Waals surface area (Å²) < 4.78 is 0. The fourth-order valence-electron chi connectivity index (χ4n) is 1.54. The van der Waals surface area contributed by atoms with E-state index in [0.717, 1.165) is 17.9 Å². The van der Waals surface area contributed by atoms with Gasteiger partial charge in [-0.1, -0.05) is 0 Å². The van der Waals surface area contributed by atoms with E-state index in [1.165, 1.54) is 5.56 Å². The van der Waals surface area contributed by atoms with Crippen LogP contribution < -0.4 is 5.32 Å². The summed E-state index contributed by atoms with van der Waals surface area (Å²) >= 11 is 1.69. The summed E-state index contributed by atoms with van der Waals surface area (Å²) in [6, 6.07) is 5.94. The van der Waals surface area contributed by atoms with E-state index in [0.29, 0.717) is 5.65 Å². The third-order valence-corrected chi connectivity index (χ3v) is 3.12. The molecule has 17 heavy (non-hydrogen) atoms. The lowest BCUT2D eigenvalue weighted by Gasteiger charge is -2.04. The van der Waals surface area contributed by atoms with Crippen LogP contribution in [0.4, 0.5) is 5.82 Å². The quantitative estimate of drug-likeness (QED) is 0.767. The van der Waals surface area contributed by atoms with E-state index in [1.54, 1.807) is 23.7 Å². The van der Waals surface area contributed by atoms with Gasteiger partial charge in [-0.05, 0) is 34.5 Å². The molecule has 1 N–H and O–H groups in total. The van der Waals surface area contributed by atoms with Crippen LogP contribution in [0.2, 0.25) is 0 Å². The number of aromatic nitrogens is 3. The zero-order valence-corrected chi connectivity index (χ0v) is 9.81. The number of pyridine rings is 1. The van der Waals surface area contributed by atoms with Gasteiger partial charge in [0.15, 0.2) is 5.65 Å². The van der Waals surface area contributed by atoms with Gasteiger partial charge in [0.2, 0.25) is 0 Å². The largest absolute Gasteiger partial charge is 0.366 e. The molecular weight excluding hydrogens is 232 g/mol. The van der Waals surface area contributed by atoms with Gasteiger partial charge in [0.1, 0.15) is 11.3 Å². The van der Waals surface area contributed by atoms with Crippen molar-refractivity contribution in [2.75, 3.05) is 5.32 Å². The maximum Gasteiger partial charge on any atom is 0.180 e. The molecule has 84 valence electrons. The summed E-state index contributed by atoms with van der Waals surface area (Å²) in [7, 11) is 0. The van der Waals surface area contributed by atoms with Gasteiger partial charge in [0.25, 0.3) is 0 Å². The molecule has 0 saturated carbocycles. The van der Waals surface area contributed by atoms with Gasteiger partial charge in [-0.25, -0.2) is 9.97 Å². The number of anilines is 1. The molecule has 0 fully saturated rings. The maximum atomic E-state index is 4.39. The van der Waals surface area contributed by atoms with E-state index in [1.807, 2.05) is 12.1 Å². The molecule has 3 heterocycles. The number of nitrogens with zero attached hydrogens (tertiary/aromatic N) is 3. The highest BCUT2D eigenvalue weighted by Gasteiger charge is 1.99. The van der Waals surface area contributed by atoms with Crippen LogP contribution >= 0.6 is 11.3 Å². The van der Waals surface area contributed by atoms with E-state index < -0.39 is 0 Å². The summed E-state index contributed by atoms with van der Waals surface area (Å²) in [4.78, 5) is 12.7. The first-order chi connectivity index (χ1) is 8.42. The third kappa shape index (κ3) is 2.24. The Labute approximate surface area is 102 Å². The second kappa shape index (κ2) is 4.47. The minimum Gasteiger partial charge on any atom is -0.366 e. The first-order valence-electron chi connectivity index (χ1n) is 5.24. The van der Waals surface area contributed by atoms with Gasteiger partial charge in [0.05, 0.1) is 0 Å². The standard InChI is InChI=1S/C12H10N4S/c1-2-11(15-7-9-3-6-17-8-9)16-12-10(1)13-4-5-14-12/h1-6,8H,7H2,(H,14,15,16). The fourth-order valence-corrected chi connectivity index (χ4v) is 2.21. The van der Waals surface area contributed by atoms with Crippen LogP contribution in [0, 0.1) is 0 Å². The van der Waals surface area contributed by atoms with Gasteiger partial charge in [-0.3, -0.25) is 4.98 Å². The van der Waals surface area contributed by atoms with Crippen molar-refractivity contribution in [1.29, 1.82) is 0 Å². The molecule has 0 amide bonds. The van der Waals surface area contributed by atoms with E-state index in [9.17, 15) is 0 Å². The SMILES string of the molecule is c1cnc2nc(NCc3ccsc3)ccc2n1. The van der Waals surface area contributed by atoms with Gasteiger partial charge < -0.3 is 5.32 Å². The van der Waals surface area contributed by atoms with Crippen LogP contribution in [0.3, 0.4) is 0 Å². The predicted molar refractivity (Wildman–Crippen MR) is 69.0 cm³/mol. The topological polar surface area (TPSA) is 50.7 Å². The lowest BCUT2D eigenvalue weighted by molar-refractivity contribution is 1.12. The van der Waals surface area contributed by atoms with Crippen LogP contribution in [0.15, 0.2) is 41.4 Å². The lowest BCUT2D eigenvalue weighted by Crippen LogP contribution is -2.00. The van der Waals surface area contributed by atoms with E-state index in [2.05, 4.69) is 37.1 Å². The molecule has 4 nitrogen and oxygen atoms in total. The molecule has 5 heteroatoms. The molecular formula is C12H10N4S. The van der Waals surface area contributed by atoms with Crippen LogP contribution in [-0.4, -0.2) is 15.0 Å². The fraction of sp³-hybridized carbons (Fsp3) is 0.0833. The highest BCUT2D eigenvalue weighted by molar-refractivity contribution is 7.07. The molecule has 3 aromatic heterocycles. The molecule has 0 aromatic carbocycles. The lowest BCUT2D eigenvalue weighted by atomic mass is 10.3. The highest BCUT2D eigenvalue weighted by Crippen LogP contribution is 2.12. The second-order valence-corrected chi connectivity index (χ2v) is 4.36. The molecule has 0 saturated heterocycles. The first-order valence-corrected chi connectivity index (χ1v) is 6.19. The van der Waals surface area contributed by atoms with E-state index in [4.69, 9.17) is 0 Å². The van der Waals surface area contributed by atoms with Crippen molar-refractivity contribution in [1.82, 2.24) is 15.0 Å². The number of rotatable bonds is 3.